The number of fused-ring (bicyclic) bond motifs is 1. The summed E-state index contributed by atoms with van der Waals surface area (Å²) in [4.78, 5) is 61.5. The summed E-state index contributed by atoms with van der Waals surface area (Å²) in [5, 5.41) is 5.42. The van der Waals surface area contributed by atoms with Crippen molar-refractivity contribution < 1.29 is 42.9 Å². The molecular weight excluding hydrogens is 803 g/mol. The molecular formula is C49H61N5O9. The Morgan fingerprint density at radius 3 is 1.84 bits per heavy atom. The van der Waals surface area contributed by atoms with Crippen molar-refractivity contribution in [1.29, 1.82) is 0 Å². The molecule has 63 heavy (non-hydrogen) atoms. The van der Waals surface area contributed by atoms with Gasteiger partial charge in [0.1, 0.15) is 12.1 Å². The summed E-state index contributed by atoms with van der Waals surface area (Å²) < 4.78 is 26.7. The Hall–Kier alpha value is -5.31. The van der Waals surface area contributed by atoms with Crippen molar-refractivity contribution in [2.75, 3.05) is 54.7 Å². The molecule has 0 radical (unpaired) electrons. The van der Waals surface area contributed by atoms with Crippen LogP contribution < -0.4 is 10.6 Å². The summed E-state index contributed by atoms with van der Waals surface area (Å²) in [5.41, 5.74) is 11.5. The molecule has 4 amide bonds. The molecule has 8 rings (SSSR count). The average Bonchev–Trinajstić information content (AvgIpc) is 4.18. The Morgan fingerprint density at radius 1 is 0.698 bits per heavy atom. The van der Waals surface area contributed by atoms with Gasteiger partial charge in [-0.05, 0) is 108 Å². The lowest BCUT2D eigenvalue weighted by molar-refractivity contribution is -0.137. The molecule has 6 aliphatic rings. The molecule has 4 aliphatic heterocycles. The van der Waals surface area contributed by atoms with Crippen LogP contribution in [0.5, 0.6) is 0 Å². The Labute approximate surface area is 370 Å². The fourth-order valence-electron chi connectivity index (χ4n) is 10.8. The van der Waals surface area contributed by atoms with E-state index < -0.39 is 36.5 Å². The number of amides is 4. The number of hydrogen-bond acceptors (Lipinski definition) is 10. The van der Waals surface area contributed by atoms with Crippen molar-refractivity contribution in [2.24, 2.45) is 10.4 Å². The summed E-state index contributed by atoms with van der Waals surface area (Å²) in [6, 6.07) is 15.3. The van der Waals surface area contributed by atoms with Gasteiger partial charge in [-0.1, -0.05) is 61.4 Å². The summed E-state index contributed by atoms with van der Waals surface area (Å²) >= 11 is 0. The third-order valence-electron chi connectivity index (χ3n) is 14.5. The number of allylic oxidation sites excluding steroid dienone is 2. The minimum atomic E-state index is -0.876. The fourth-order valence-corrected chi connectivity index (χ4v) is 10.8. The molecule has 2 aromatic rings. The lowest BCUT2D eigenvalue weighted by Gasteiger charge is -2.32. The van der Waals surface area contributed by atoms with Crippen LogP contribution in [-0.4, -0.2) is 131 Å². The monoisotopic (exact) mass is 863 g/mol. The Bertz CT molecular complexity index is 2210. The van der Waals surface area contributed by atoms with Crippen LogP contribution >= 0.6 is 0 Å². The van der Waals surface area contributed by atoms with Gasteiger partial charge < -0.3 is 44.1 Å². The molecule has 2 N–H and O–H groups in total. The number of alkyl carbamates (subject to hydrolysis) is 2. The summed E-state index contributed by atoms with van der Waals surface area (Å²) in [6.07, 6.45) is 8.01. The van der Waals surface area contributed by atoms with Crippen molar-refractivity contribution in [3.8, 4) is 11.1 Å². The van der Waals surface area contributed by atoms with Gasteiger partial charge in [-0.15, -0.1) is 0 Å². The highest BCUT2D eigenvalue weighted by molar-refractivity contribution is 6.04. The number of hydrogen-bond donors (Lipinski definition) is 2. The van der Waals surface area contributed by atoms with Gasteiger partial charge in [0.05, 0.1) is 51.7 Å². The third kappa shape index (κ3) is 8.82. The van der Waals surface area contributed by atoms with Crippen LogP contribution in [0.2, 0.25) is 0 Å². The molecule has 14 heteroatoms. The standard InChI is InChI=1S/C49H61N5O9/c1-29(59-3)43(51-47(57)61-5)45(55)53-21-9-10-41(53)37-23-36(38-26-63-27-39(37)38)34-17-15-32(16-18-34)31-11-13-33(14-12-31)35-22-40(50-25-35)42-24-49(19-7-8-20-49)28-54(42)46(56)44(30(2)60-4)52-48(58)62-6/h11-18,25,29-30,41-44H,7-10,19-24,26-28H2,1-6H3,(H,51,57)(H,52,58)/t29-,30-,41+,42+,43+,44+/m1/s1. The first kappa shape index (κ1) is 44.3. The van der Waals surface area contributed by atoms with Crippen LogP contribution in [0.3, 0.4) is 0 Å². The van der Waals surface area contributed by atoms with Gasteiger partial charge in [0.25, 0.3) is 0 Å². The molecule has 1 spiro atoms. The summed E-state index contributed by atoms with van der Waals surface area (Å²) in [7, 11) is 5.64. The lowest BCUT2D eigenvalue weighted by atomic mass is 9.82. The van der Waals surface area contributed by atoms with Gasteiger partial charge in [-0.3, -0.25) is 14.6 Å². The molecule has 0 aromatic heterocycles. The number of methoxy groups -OCH3 is 4. The van der Waals surface area contributed by atoms with E-state index >= 15 is 0 Å². The van der Waals surface area contributed by atoms with Crippen molar-refractivity contribution in [2.45, 2.75) is 108 Å². The number of aliphatic imine (C=N–C) groups is 1. The predicted octanol–water partition coefficient (Wildman–Crippen LogP) is 6.69. The van der Waals surface area contributed by atoms with E-state index in [0.29, 0.717) is 32.7 Å². The molecule has 0 bridgehead atoms. The first-order chi connectivity index (χ1) is 30.5. The maximum Gasteiger partial charge on any atom is 0.407 e. The van der Waals surface area contributed by atoms with Gasteiger partial charge in [-0.2, -0.15) is 0 Å². The maximum absolute atomic E-state index is 14.2. The number of nitrogens with one attached hydrogen (secondary N) is 2. The van der Waals surface area contributed by atoms with Crippen LogP contribution in [0.25, 0.3) is 22.3 Å². The molecule has 1 saturated carbocycles. The molecule has 3 saturated heterocycles. The van der Waals surface area contributed by atoms with Crippen molar-refractivity contribution >= 4 is 40.9 Å². The number of carbonyl (C=O) groups is 4. The van der Waals surface area contributed by atoms with E-state index in [1.807, 2.05) is 16.0 Å². The van der Waals surface area contributed by atoms with Gasteiger partial charge in [0.2, 0.25) is 11.8 Å². The van der Waals surface area contributed by atoms with Crippen LogP contribution in [0.15, 0.2) is 76.4 Å². The number of carbonyl (C=O) groups excluding carboxylic acids is 4. The molecule has 2 aromatic carbocycles. The number of likely N-dealkylation sites (tertiary alicyclic amines) is 2. The molecule has 4 fully saturated rings. The fraction of sp³-hybridized carbons (Fsp3) is 0.531. The molecule has 4 heterocycles. The maximum atomic E-state index is 14.2. The average molecular weight is 864 g/mol. The van der Waals surface area contributed by atoms with Gasteiger partial charge in [-0.25, -0.2) is 9.59 Å². The van der Waals surface area contributed by atoms with Crippen LogP contribution in [0, 0.1) is 5.41 Å². The first-order valence-corrected chi connectivity index (χ1v) is 22.3. The summed E-state index contributed by atoms with van der Waals surface area (Å²) in [6.45, 7) is 5.88. The second-order valence-electron chi connectivity index (χ2n) is 17.9. The summed E-state index contributed by atoms with van der Waals surface area (Å²) in [5.74, 6) is -0.340. The highest BCUT2D eigenvalue weighted by Crippen LogP contribution is 2.50. The van der Waals surface area contributed by atoms with Crippen LogP contribution in [0.1, 0.15) is 82.8 Å². The van der Waals surface area contributed by atoms with E-state index in [9.17, 15) is 19.2 Å². The second kappa shape index (κ2) is 18.8. The van der Waals surface area contributed by atoms with Gasteiger partial charge >= 0.3 is 12.2 Å². The number of rotatable bonds is 13. The molecule has 6 atom stereocenters. The topological polar surface area (TPSA) is 157 Å². The lowest BCUT2D eigenvalue weighted by Crippen LogP contribution is -2.56. The van der Waals surface area contributed by atoms with Crippen molar-refractivity contribution in [3.63, 3.8) is 0 Å². The molecule has 336 valence electrons. The highest BCUT2D eigenvalue weighted by atomic mass is 16.5. The minimum Gasteiger partial charge on any atom is -0.453 e. The number of benzene rings is 2. The Kier molecular flexibility index (Phi) is 13.2. The Morgan fingerprint density at radius 2 is 1.25 bits per heavy atom. The molecule has 2 aliphatic carbocycles. The van der Waals surface area contributed by atoms with Gasteiger partial charge in [0, 0.05) is 45.6 Å². The van der Waals surface area contributed by atoms with E-state index in [4.69, 9.17) is 28.7 Å². The van der Waals surface area contributed by atoms with E-state index in [2.05, 4.69) is 59.2 Å². The zero-order valence-electron chi connectivity index (χ0n) is 37.4. The number of nitrogens with zero attached hydrogens (tertiary/aromatic N) is 3. The quantitative estimate of drug-likeness (QED) is 0.224. The highest BCUT2D eigenvalue weighted by Gasteiger charge is 2.51. The van der Waals surface area contributed by atoms with Crippen LogP contribution in [-0.2, 0) is 33.3 Å². The van der Waals surface area contributed by atoms with E-state index in [0.717, 1.165) is 84.9 Å². The predicted molar refractivity (Wildman–Crippen MR) is 239 cm³/mol. The van der Waals surface area contributed by atoms with E-state index in [1.54, 1.807) is 13.8 Å². The normalized spacial score (nSPS) is 23.4. The Balaban J connectivity index is 0.932. The van der Waals surface area contributed by atoms with Crippen LogP contribution in [0.4, 0.5) is 9.59 Å². The van der Waals surface area contributed by atoms with Crippen molar-refractivity contribution in [1.82, 2.24) is 20.4 Å². The largest absolute Gasteiger partial charge is 0.453 e. The van der Waals surface area contributed by atoms with E-state index in [-0.39, 0.29) is 29.3 Å². The number of ether oxygens (including phenoxy) is 5. The molecule has 0 unspecified atom stereocenters. The SMILES string of the molecule is COC(=O)N[C@H](C(=O)N1CC2(CCCC2)C[C@H]1C1=NC=C(c2ccc(-c3ccc(C4=C5COCC5=C([C@@H]5CCCN5C(=O)[C@@H](NC(=O)OC)[C@@H](C)OC)C4)cc3)cc2)C1)[C@@H](C)OC. The first-order valence-electron chi connectivity index (χ1n) is 22.3. The zero-order chi connectivity index (χ0) is 44.4. The minimum absolute atomic E-state index is 0.0617. The second-order valence-corrected chi connectivity index (χ2v) is 17.9. The third-order valence-corrected chi connectivity index (χ3v) is 14.5. The van der Waals surface area contributed by atoms with E-state index in [1.165, 1.54) is 50.7 Å². The van der Waals surface area contributed by atoms with Gasteiger partial charge in [0.15, 0.2) is 0 Å². The van der Waals surface area contributed by atoms with Crippen molar-refractivity contribution in [3.05, 3.63) is 82.6 Å². The zero-order valence-corrected chi connectivity index (χ0v) is 37.4. The smallest absolute Gasteiger partial charge is 0.407 e. The molecule has 14 nitrogen and oxygen atoms in total.